The minimum Gasteiger partial charge on any atom is -0.394 e. The summed E-state index contributed by atoms with van der Waals surface area (Å²) in [5, 5.41) is 29.1. The Bertz CT molecular complexity index is 492. The molecule has 0 rings (SSSR count). The maximum atomic E-state index is 12.6. The van der Waals surface area contributed by atoms with Gasteiger partial charge in [-0.05, 0) is 44.9 Å². The van der Waals surface area contributed by atoms with Gasteiger partial charge in [0.05, 0.1) is 12.7 Å². The first-order valence-electron chi connectivity index (χ1n) is 13.6. The molecule has 0 aliphatic heterocycles. The second kappa shape index (κ2) is 24.0. The van der Waals surface area contributed by atoms with E-state index in [1.165, 1.54) is 49.8 Å². The number of aliphatic hydroxyl groups excluding tert-OH is 3. The Labute approximate surface area is 204 Å². The van der Waals surface area contributed by atoms with Crippen molar-refractivity contribution < 1.29 is 20.1 Å². The van der Waals surface area contributed by atoms with Gasteiger partial charge in [0, 0.05) is 13.1 Å². The summed E-state index contributed by atoms with van der Waals surface area (Å²) < 4.78 is 0. The van der Waals surface area contributed by atoms with E-state index in [1.807, 2.05) is 0 Å². The fraction of sp³-hybridized carbons (Fsp3) is 0.821. The van der Waals surface area contributed by atoms with Crippen molar-refractivity contribution in [1.29, 1.82) is 0 Å². The maximum absolute atomic E-state index is 12.6. The third kappa shape index (κ3) is 20.0. The second-order valence-corrected chi connectivity index (χ2v) is 9.22. The molecule has 1 amide bonds. The molecule has 0 saturated heterocycles. The van der Waals surface area contributed by atoms with Gasteiger partial charge in [0.25, 0.3) is 5.91 Å². The Kier molecular flexibility index (Phi) is 23.1. The molecule has 0 fully saturated rings. The van der Waals surface area contributed by atoms with Crippen LogP contribution in [0.4, 0.5) is 0 Å². The Morgan fingerprint density at radius 1 is 0.758 bits per heavy atom. The number of hydrogen-bond acceptors (Lipinski definition) is 4. The van der Waals surface area contributed by atoms with Crippen molar-refractivity contribution in [3.63, 3.8) is 0 Å². The molecule has 0 aromatic heterocycles. The van der Waals surface area contributed by atoms with Crippen LogP contribution >= 0.6 is 0 Å². The highest BCUT2D eigenvalue weighted by molar-refractivity contribution is 5.80. The molecule has 33 heavy (non-hydrogen) atoms. The molecule has 2 unspecified atom stereocenters. The molecule has 0 bridgehead atoms. The highest BCUT2D eigenvalue weighted by Gasteiger charge is 2.23. The van der Waals surface area contributed by atoms with Crippen LogP contribution in [0.3, 0.4) is 0 Å². The molecular formula is C28H53NO4. The number of aliphatic hydroxyl groups is 3. The molecule has 0 radical (unpaired) electrons. The van der Waals surface area contributed by atoms with Crippen LogP contribution < -0.4 is 0 Å². The molecule has 0 saturated carbocycles. The maximum Gasteiger partial charge on any atom is 0.251 e. The van der Waals surface area contributed by atoms with Crippen LogP contribution in [-0.4, -0.2) is 58.0 Å². The van der Waals surface area contributed by atoms with Crippen molar-refractivity contribution in [2.75, 3.05) is 19.7 Å². The van der Waals surface area contributed by atoms with Crippen LogP contribution in [0.1, 0.15) is 117 Å². The average Bonchev–Trinajstić information content (AvgIpc) is 2.82. The Morgan fingerprint density at radius 2 is 1.30 bits per heavy atom. The van der Waals surface area contributed by atoms with Gasteiger partial charge in [-0.15, -0.1) is 0 Å². The lowest BCUT2D eigenvalue weighted by Gasteiger charge is -2.27. The first-order chi connectivity index (χ1) is 16.1. The van der Waals surface area contributed by atoms with E-state index in [0.29, 0.717) is 13.0 Å². The first kappa shape index (κ1) is 31.8. The van der Waals surface area contributed by atoms with Crippen LogP contribution in [-0.2, 0) is 4.79 Å². The van der Waals surface area contributed by atoms with Gasteiger partial charge < -0.3 is 20.2 Å². The smallest absolute Gasteiger partial charge is 0.251 e. The van der Waals surface area contributed by atoms with E-state index in [2.05, 4.69) is 38.2 Å². The molecule has 194 valence electrons. The van der Waals surface area contributed by atoms with Gasteiger partial charge in [0.1, 0.15) is 6.10 Å². The largest absolute Gasteiger partial charge is 0.394 e. The zero-order chi connectivity index (χ0) is 24.6. The Hall–Kier alpha value is -1.17. The van der Waals surface area contributed by atoms with Gasteiger partial charge in [-0.25, -0.2) is 0 Å². The number of nitrogens with zero attached hydrogens (tertiary/aromatic N) is 1. The number of amides is 1. The van der Waals surface area contributed by atoms with Gasteiger partial charge in [-0.1, -0.05) is 95.9 Å². The van der Waals surface area contributed by atoms with Crippen molar-refractivity contribution in [3.8, 4) is 0 Å². The van der Waals surface area contributed by atoms with Gasteiger partial charge >= 0.3 is 0 Å². The van der Waals surface area contributed by atoms with E-state index in [0.717, 1.165) is 51.4 Å². The van der Waals surface area contributed by atoms with E-state index in [4.69, 9.17) is 5.11 Å². The van der Waals surface area contributed by atoms with Crippen LogP contribution in [0.15, 0.2) is 24.3 Å². The number of carbonyl (C=O) groups excluding carboxylic acids is 1. The molecule has 2 atom stereocenters. The summed E-state index contributed by atoms with van der Waals surface area (Å²) in [7, 11) is 0. The van der Waals surface area contributed by atoms with Crippen molar-refractivity contribution in [2.24, 2.45) is 0 Å². The standard InChI is InChI=1S/C28H53NO4/c1-3-5-7-8-9-10-11-12-13-14-15-16-17-18-19-21-23-29(24-26(31)25-30)28(33)27(32)22-20-6-4-2/h9-10,12-13,26-27,30-32H,3-8,11,14-25H2,1-2H3/b10-9-,13-12-. The molecule has 0 spiro atoms. The van der Waals surface area contributed by atoms with Crippen molar-refractivity contribution in [1.82, 2.24) is 4.90 Å². The summed E-state index contributed by atoms with van der Waals surface area (Å²) in [6, 6.07) is 0. The van der Waals surface area contributed by atoms with E-state index >= 15 is 0 Å². The second-order valence-electron chi connectivity index (χ2n) is 9.22. The summed E-state index contributed by atoms with van der Waals surface area (Å²) in [6.07, 6.45) is 24.4. The van der Waals surface area contributed by atoms with Gasteiger partial charge in [-0.3, -0.25) is 4.79 Å². The number of carbonyl (C=O) groups is 1. The highest BCUT2D eigenvalue weighted by atomic mass is 16.3. The van der Waals surface area contributed by atoms with Crippen LogP contribution in [0.2, 0.25) is 0 Å². The van der Waals surface area contributed by atoms with E-state index in [-0.39, 0.29) is 19.1 Å². The van der Waals surface area contributed by atoms with Gasteiger partial charge in [0.15, 0.2) is 0 Å². The Morgan fingerprint density at radius 3 is 1.91 bits per heavy atom. The molecule has 0 aromatic carbocycles. The van der Waals surface area contributed by atoms with E-state index < -0.39 is 12.2 Å². The molecule has 5 nitrogen and oxygen atoms in total. The average molecular weight is 468 g/mol. The van der Waals surface area contributed by atoms with Crippen LogP contribution in [0, 0.1) is 0 Å². The topological polar surface area (TPSA) is 81.0 Å². The lowest BCUT2D eigenvalue weighted by atomic mass is 10.1. The van der Waals surface area contributed by atoms with E-state index in [9.17, 15) is 15.0 Å². The van der Waals surface area contributed by atoms with Gasteiger partial charge in [-0.2, -0.15) is 0 Å². The molecule has 0 aliphatic rings. The van der Waals surface area contributed by atoms with E-state index in [1.54, 1.807) is 0 Å². The first-order valence-corrected chi connectivity index (χ1v) is 13.6. The number of allylic oxidation sites excluding steroid dienone is 4. The highest BCUT2D eigenvalue weighted by Crippen LogP contribution is 2.11. The minimum absolute atomic E-state index is 0.0838. The third-order valence-electron chi connectivity index (χ3n) is 5.95. The summed E-state index contributed by atoms with van der Waals surface area (Å²) in [5.41, 5.74) is 0. The van der Waals surface area contributed by atoms with Crippen LogP contribution in [0.25, 0.3) is 0 Å². The summed E-state index contributed by atoms with van der Waals surface area (Å²) in [4.78, 5) is 14.1. The lowest BCUT2D eigenvalue weighted by Crippen LogP contribution is -2.44. The lowest BCUT2D eigenvalue weighted by molar-refractivity contribution is -0.142. The predicted molar refractivity (Wildman–Crippen MR) is 139 cm³/mol. The fourth-order valence-corrected chi connectivity index (χ4v) is 3.82. The zero-order valence-electron chi connectivity index (χ0n) is 21.6. The third-order valence-corrected chi connectivity index (χ3v) is 5.95. The number of rotatable bonds is 23. The van der Waals surface area contributed by atoms with Crippen molar-refractivity contribution in [3.05, 3.63) is 24.3 Å². The summed E-state index contributed by atoms with van der Waals surface area (Å²) in [6.45, 7) is 4.55. The van der Waals surface area contributed by atoms with Crippen LogP contribution in [0.5, 0.6) is 0 Å². The van der Waals surface area contributed by atoms with Crippen molar-refractivity contribution >= 4 is 5.91 Å². The monoisotopic (exact) mass is 467 g/mol. The molecule has 0 aromatic rings. The normalized spacial score (nSPS) is 13.7. The predicted octanol–water partition coefficient (Wildman–Crippen LogP) is 5.92. The summed E-state index contributed by atoms with van der Waals surface area (Å²) >= 11 is 0. The Balaban J connectivity index is 3.92. The van der Waals surface area contributed by atoms with Crippen molar-refractivity contribution in [2.45, 2.75) is 129 Å². The zero-order valence-corrected chi connectivity index (χ0v) is 21.6. The minimum atomic E-state index is -1.01. The molecule has 5 heteroatoms. The quantitative estimate of drug-likeness (QED) is 0.129. The number of hydrogen-bond donors (Lipinski definition) is 3. The molecule has 3 N–H and O–H groups in total. The SMILES string of the molecule is CCCCC/C=C\C/C=C\CCCCCCCCN(CC(O)CO)C(=O)C(O)CCCCC. The van der Waals surface area contributed by atoms with Gasteiger partial charge in [0.2, 0.25) is 0 Å². The fourth-order valence-electron chi connectivity index (χ4n) is 3.82. The molecular weight excluding hydrogens is 414 g/mol. The molecule has 0 aliphatic carbocycles. The molecule has 0 heterocycles. The number of unbranched alkanes of at least 4 members (excludes halogenated alkanes) is 11. The summed E-state index contributed by atoms with van der Waals surface area (Å²) in [5.74, 6) is -0.318.